The van der Waals surface area contributed by atoms with Gasteiger partial charge in [-0.1, -0.05) is 30.9 Å². The molecule has 1 fully saturated rings. The zero-order chi connectivity index (χ0) is 12.1. The van der Waals surface area contributed by atoms with Crippen molar-refractivity contribution in [3.05, 3.63) is 11.6 Å². The number of nitrogens with one attached hydrogen (secondary N) is 2. The first-order chi connectivity index (χ1) is 8.16. The lowest BCUT2D eigenvalue weighted by Crippen LogP contribution is -2.32. The van der Waals surface area contributed by atoms with Gasteiger partial charge in [0.15, 0.2) is 0 Å². The third-order valence-corrected chi connectivity index (χ3v) is 5.05. The van der Waals surface area contributed by atoms with Crippen molar-refractivity contribution < 1.29 is 8.42 Å². The maximum atomic E-state index is 11.8. The summed E-state index contributed by atoms with van der Waals surface area (Å²) in [7, 11) is -3.06. The molecule has 1 aliphatic heterocycles. The van der Waals surface area contributed by atoms with Crippen LogP contribution < -0.4 is 10.0 Å². The molecular formula is C12H23ClN2O2S. The van der Waals surface area contributed by atoms with Crippen molar-refractivity contribution in [1.82, 2.24) is 10.0 Å². The first-order valence-corrected chi connectivity index (χ1v) is 8.17. The molecule has 0 radical (unpaired) electrons. The van der Waals surface area contributed by atoms with Gasteiger partial charge in [-0.05, 0) is 25.3 Å². The molecular weight excluding hydrogens is 272 g/mol. The summed E-state index contributed by atoms with van der Waals surface area (Å²) < 4.78 is 26.2. The van der Waals surface area contributed by atoms with Crippen LogP contribution in [0.2, 0.25) is 0 Å². The molecule has 18 heavy (non-hydrogen) atoms. The first kappa shape index (κ1) is 16.0. The summed E-state index contributed by atoms with van der Waals surface area (Å²) in [5.74, 6) is 0.952. The molecule has 0 bridgehead atoms. The lowest BCUT2D eigenvalue weighted by molar-refractivity contribution is 0.307. The average molecular weight is 295 g/mol. The molecule has 2 rings (SSSR count). The summed E-state index contributed by atoms with van der Waals surface area (Å²) in [6.45, 7) is 2.31. The fourth-order valence-corrected chi connectivity index (χ4v) is 3.40. The third kappa shape index (κ3) is 5.26. The van der Waals surface area contributed by atoms with E-state index in [9.17, 15) is 8.42 Å². The Hall–Kier alpha value is -0.100. The molecule has 0 spiro atoms. The van der Waals surface area contributed by atoms with Crippen LogP contribution >= 0.6 is 12.4 Å². The lowest BCUT2D eigenvalue weighted by Gasteiger charge is -2.25. The van der Waals surface area contributed by atoms with Crippen molar-refractivity contribution in [2.75, 3.05) is 25.4 Å². The molecule has 106 valence electrons. The Morgan fingerprint density at radius 1 is 1.39 bits per heavy atom. The number of hydrogen-bond donors (Lipinski definition) is 2. The monoisotopic (exact) mass is 294 g/mol. The molecule has 6 heteroatoms. The van der Waals surface area contributed by atoms with Crippen molar-refractivity contribution in [3.8, 4) is 0 Å². The van der Waals surface area contributed by atoms with Crippen LogP contribution in [0, 0.1) is 5.92 Å². The SMILES string of the molecule is Cl.O=S(=O)(CCC1CCC1)NCC1=CCNCC1. The molecule has 0 amide bonds. The molecule has 2 aliphatic rings. The van der Waals surface area contributed by atoms with E-state index >= 15 is 0 Å². The van der Waals surface area contributed by atoms with Gasteiger partial charge < -0.3 is 5.32 Å². The zero-order valence-electron chi connectivity index (χ0n) is 10.7. The Labute approximate surface area is 116 Å². The molecule has 1 saturated carbocycles. The second-order valence-electron chi connectivity index (χ2n) is 5.04. The summed E-state index contributed by atoms with van der Waals surface area (Å²) in [5, 5.41) is 3.21. The molecule has 0 atom stereocenters. The number of sulfonamides is 1. The van der Waals surface area contributed by atoms with Gasteiger partial charge in [-0.3, -0.25) is 0 Å². The molecule has 2 N–H and O–H groups in total. The van der Waals surface area contributed by atoms with Crippen molar-refractivity contribution in [3.63, 3.8) is 0 Å². The number of rotatable bonds is 6. The van der Waals surface area contributed by atoms with Crippen molar-refractivity contribution in [2.24, 2.45) is 5.92 Å². The molecule has 0 aromatic heterocycles. The highest BCUT2D eigenvalue weighted by molar-refractivity contribution is 7.89. The van der Waals surface area contributed by atoms with Crippen LogP contribution in [0.25, 0.3) is 0 Å². The van der Waals surface area contributed by atoms with E-state index in [0.717, 1.165) is 25.9 Å². The van der Waals surface area contributed by atoms with Gasteiger partial charge in [0.1, 0.15) is 0 Å². The standard InChI is InChI=1S/C12H22N2O2S.ClH/c15-17(16,9-6-11-2-1-3-11)14-10-12-4-7-13-8-5-12;/h4,11,13-14H,1-3,5-10H2;1H. The van der Waals surface area contributed by atoms with E-state index < -0.39 is 10.0 Å². The molecule has 0 aromatic carbocycles. The topological polar surface area (TPSA) is 58.2 Å². The first-order valence-electron chi connectivity index (χ1n) is 6.52. The van der Waals surface area contributed by atoms with E-state index in [4.69, 9.17) is 0 Å². The second kappa shape index (κ2) is 7.48. The van der Waals surface area contributed by atoms with Gasteiger partial charge in [0.25, 0.3) is 0 Å². The fourth-order valence-electron chi connectivity index (χ4n) is 2.21. The Morgan fingerprint density at radius 3 is 2.72 bits per heavy atom. The van der Waals surface area contributed by atoms with E-state index in [-0.39, 0.29) is 12.4 Å². The molecule has 1 aliphatic carbocycles. The second-order valence-corrected chi connectivity index (χ2v) is 6.97. The normalized spacial score (nSPS) is 20.8. The van der Waals surface area contributed by atoms with Gasteiger partial charge in [0.05, 0.1) is 5.75 Å². The van der Waals surface area contributed by atoms with Gasteiger partial charge in [0.2, 0.25) is 10.0 Å². The zero-order valence-corrected chi connectivity index (χ0v) is 12.3. The Bertz CT molecular complexity index is 378. The number of halogens is 1. The highest BCUT2D eigenvalue weighted by Gasteiger charge is 2.20. The highest BCUT2D eigenvalue weighted by Crippen LogP contribution is 2.29. The minimum absolute atomic E-state index is 0. The Balaban J connectivity index is 0.00000162. The summed E-state index contributed by atoms with van der Waals surface area (Å²) >= 11 is 0. The van der Waals surface area contributed by atoms with Gasteiger partial charge in [0, 0.05) is 13.1 Å². The van der Waals surface area contributed by atoms with Crippen LogP contribution in [0.4, 0.5) is 0 Å². The minimum atomic E-state index is -3.06. The van der Waals surface area contributed by atoms with Gasteiger partial charge in [-0.25, -0.2) is 13.1 Å². The van der Waals surface area contributed by atoms with E-state index in [0.29, 0.717) is 18.2 Å². The van der Waals surface area contributed by atoms with Gasteiger partial charge >= 0.3 is 0 Å². The molecule has 1 heterocycles. The largest absolute Gasteiger partial charge is 0.313 e. The Morgan fingerprint density at radius 2 is 2.17 bits per heavy atom. The van der Waals surface area contributed by atoms with Crippen LogP contribution in [-0.2, 0) is 10.0 Å². The van der Waals surface area contributed by atoms with Crippen LogP contribution in [0.1, 0.15) is 32.1 Å². The molecule has 0 saturated heterocycles. The lowest BCUT2D eigenvalue weighted by atomic mass is 9.84. The van der Waals surface area contributed by atoms with E-state index in [1.807, 2.05) is 0 Å². The van der Waals surface area contributed by atoms with Crippen LogP contribution in [0.3, 0.4) is 0 Å². The molecule has 0 unspecified atom stereocenters. The molecule has 4 nitrogen and oxygen atoms in total. The van der Waals surface area contributed by atoms with E-state index in [1.54, 1.807) is 0 Å². The van der Waals surface area contributed by atoms with Crippen molar-refractivity contribution in [2.45, 2.75) is 32.1 Å². The third-order valence-electron chi connectivity index (χ3n) is 3.70. The smallest absolute Gasteiger partial charge is 0.211 e. The summed E-state index contributed by atoms with van der Waals surface area (Å²) in [4.78, 5) is 0. The maximum Gasteiger partial charge on any atom is 0.211 e. The fraction of sp³-hybridized carbons (Fsp3) is 0.833. The average Bonchev–Trinajstić information content (AvgIpc) is 2.26. The van der Waals surface area contributed by atoms with Gasteiger partial charge in [-0.2, -0.15) is 0 Å². The number of hydrogen-bond acceptors (Lipinski definition) is 3. The van der Waals surface area contributed by atoms with Gasteiger partial charge in [-0.15, -0.1) is 12.4 Å². The van der Waals surface area contributed by atoms with Crippen LogP contribution in [0.15, 0.2) is 11.6 Å². The van der Waals surface area contributed by atoms with Crippen LogP contribution in [0.5, 0.6) is 0 Å². The van der Waals surface area contributed by atoms with E-state index in [2.05, 4.69) is 16.1 Å². The quantitative estimate of drug-likeness (QED) is 0.729. The predicted molar refractivity (Wildman–Crippen MR) is 76.6 cm³/mol. The predicted octanol–water partition coefficient (Wildman–Crippen LogP) is 1.44. The van der Waals surface area contributed by atoms with Crippen molar-refractivity contribution in [1.29, 1.82) is 0 Å². The highest BCUT2D eigenvalue weighted by atomic mass is 35.5. The summed E-state index contributed by atoms with van der Waals surface area (Å²) in [5.41, 5.74) is 1.20. The summed E-state index contributed by atoms with van der Waals surface area (Å²) in [6, 6.07) is 0. The maximum absolute atomic E-state index is 11.8. The summed E-state index contributed by atoms with van der Waals surface area (Å²) in [6.07, 6.45) is 7.57. The van der Waals surface area contributed by atoms with E-state index in [1.165, 1.54) is 24.8 Å². The van der Waals surface area contributed by atoms with Crippen molar-refractivity contribution >= 4 is 22.4 Å². The minimum Gasteiger partial charge on any atom is -0.313 e. The molecule has 0 aromatic rings. The Kier molecular flexibility index (Phi) is 6.63. The van der Waals surface area contributed by atoms with Crippen LogP contribution in [-0.4, -0.2) is 33.8 Å².